The monoisotopic (exact) mass is 381 g/mol. The largest absolute Gasteiger partial charge is 0.397 e. The van der Waals surface area contributed by atoms with Crippen LogP contribution in [0.4, 0.5) is 11.4 Å². The van der Waals surface area contributed by atoms with Crippen molar-refractivity contribution >= 4 is 66.4 Å². The first-order chi connectivity index (χ1) is 10.1. The average Bonchev–Trinajstić information content (AvgIpc) is 2.81. The molecule has 3 rings (SSSR count). The van der Waals surface area contributed by atoms with Crippen LogP contribution in [0.15, 0.2) is 41.0 Å². The Hall–Kier alpha value is -1.63. The Labute approximate surface area is 138 Å². The molecular weight excluding hydrogens is 374 g/mol. The molecule has 4 nitrogen and oxygen atoms in total. The number of hydrogen-bond acceptors (Lipinski definition) is 4. The summed E-state index contributed by atoms with van der Waals surface area (Å²) < 4.78 is 0.716. The van der Waals surface area contributed by atoms with Gasteiger partial charge in [0.05, 0.1) is 10.7 Å². The molecule has 106 valence electrons. The maximum Gasteiger partial charge on any atom is 0.267 e. The highest BCUT2D eigenvalue weighted by Gasteiger charge is 2.17. The van der Waals surface area contributed by atoms with E-state index in [4.69, 9.17) is 17.3 Å². The lowest BCUT2D eigenvalue weighted by molar-refractivity contribution is 0.103. The standard InChI is InChI=1S/C14H9BrClN3OS/c15-9-6-7(3-4-10(9)16)19-13(20)12-11(17)8-2-1-5-18-14(8)21-12/h1-6H,17H2,(H,19,20). The van der Waals surface area contributed by atoms with Gasteiger partial charge in [0.2, 0.25) is 0 Å². The van der Waals surface area contributed by atoms with Crippen LogP contribution in [0.25, 0.3) is 10.2 Å². The smallest absolute Gasteiger partial charge is 0.267 e. The van der Waals surface area contributed by atoms with E-state index in [0.29, 0.717) is 25.7 Å². The fourth-order valence-corrected chi connectivity index (χ4v) is 3.34. The van der Waals surface area contributed by atoms with Crippen LogP contribution in [0, 0.1) is 0 Å². The first-order valence-corrected chi connectivity index (χ1v) is 7.94. The zero-order chi connectivity index (χ0) is 15.0. The second-order valence-corrected chi connectivity index (χ2v) is 6.54. The molecular formula is C14H9BrClN3OS. The van der Waals surface area contributed by atoms with E-state index < -0.39 is 0 Å². The molecule has 0 radical (unpaired) electrons. The predicted molar refractivity (Wildman–Crippen MR) is 91.1 cm³/mol. The van der Waals surface area contributed by atoms with Gasteiger partial charge in [0.1, 0.15) is 9.71 Å². The number of pyridine rings is 1. The van der Waals surface area contributed by atoms with Crippen molar-refractivity contribution < 1.29 is 4.79 Å². The van der Waals surface area contributed by atoms with Crippen molar-refractivity contribution in [3.05, 3.63) is 50.9 Å². The molecule has 0 aliphatic heterocycles. The van der Waals surface area contributed by atoms with Crippen LogP contribution in [0.2, 0.25) is 5.02 Å². The van der Waals surface area contributed by atoms with Gasteiger partial charge in [-0.3, -0.25) is 4.79 Å². The Morgan fingerprint density at radius 2 is 2.19 bits per heavy atom. The van der Waals surface area contributed by atoms with E-state index in [1.54, 1.807) is 30.5 Å². The van der Waals surface area contributed by atoms with Gasteiger partial charge in [-0.25, -0.2) is 4.98 Å². The van der Waals surface area contributed by atoms with Crippen molar-refractivity contribution in [3.8, 4) is 0 Å². The first-order valence-electron chi connectivity index (χ1n) is 5.95. The molecule has 0 aliphatic rings. The number of amides is 1. The number of nitrogen functional groups attached to an aromatic ring is 1. The second kappa shape index (κ2) is 5.63. The summed E-state index contributed by atoms with van der Waals surface area (Å²) in [6, 6.07) is 8.82. The predicted octanol–water partition coefficient (Wildman–Crippen LogP) is 4.55. The number of rotatable bonds is 2. The summed E-state index contributed by atoms with van der Waals surface area (Å²) in [5.41, 5.74) is 7.12. The highest BCUT2D eigenvalue weighted by molar-refractivity contribution is 9.10. The number of nitrogens with one attached hydrogen (secondary N) is 1. The summed E-state index contributed by atoms with van der Waals surface area (Å²) >= 11 is 10.5. The number of benzene rings is 1. The van der Waals surface area contributed by atoms with Crippen molar-refractivity contribution in [1.29, 1.82) is 0 Å². The van der Waals surface area contributed by atoms with E-state index in [1.807, 2.05) is 6.07 Å². The van der Waals surface area contributed by atoms with Crippen molar-refractivity contribution in [2.75, 3.05) is 11.1 Å². The molecule has 0 bridgehead atoms. The number of anilines is 2. The third kappa shape index (κ3) is 2.74. The molecule has 3 N–H and O–H groups in total. The van der Waals surface area contributed by atoms with Crippen LogP contribution in [-0.4, -0.2) is 10.9 Å². The molecule has 0 spiro atoms. The number of fused-ring (bicyclic) bond motifs is 1. The van der Waals surface area contributed by atoms with Gasteiger partial charge in [0.15, 0.2) is 0 Å². The fourth-order valence-electron chi connectivity index (χ4n) is 1.88. The number of aromatic nitrogens is 1. The van der Waals surface area contributed by atoms with Crippen molar-refractivity contribution in [2.24, 2.45) is 0 Å². The molecule has 0 aliphatic carbocycles. The van der Waals surface area contributed by atoms with Crippen molar-refractivity contribution in [2.45, 2.75) is 0 Å². The molecule has 0 fully saturated rings. The van der Waals surface area contributed by atoms with Crippen LogP contribution in [0.5, 0.6) is 0 Å². The first kappa shape index (κ1) is 14.3. The Morgan fingerprint density at radius 3 is 2.90 bits per heavy atom. The zero-order valence-electron chi connectivity index (χ0n) is 10.6. The van der Waals surface area contributed by atoms with E-state index in [2.05, 4.69) is 26.2 Å². The van der Waals surface area contributed by atoms with Gasteiger partial charge in [0.25, 0.3) is 5.91 Å². The van der Waals surface area contributed by atoms with E-state index in [-0.39, 0.29) is 5.91 Å². The van der Waals surface area contributed by atoms with Crippen LogP contribution in [-0.2, 0) is 0 Å². The summed E-state index contributed by atoms with van der Waals surface area (Å²) in [6.07, 6.45) is 1.68. The average molecular weight is 383 g/mol. The summed E-state index contributed by atoms with van der Waals surface area (Å²) in [5, 5.41) is 4.18. The van der Waals surface area contributed by atoms with Gasteiger partial charge in [0, 0.05) is 21.7 Å². The number of thiophene rings is 1. The molecule has 7 heteroatoms. The van der Waals surface area contributed by atoms with Gasteiger partial charge in [-0.2, -0.15) is 0 Å². The fraction of sp³-hybridized carbons (Fsp3) is 0. The zero-order valence-corrected chi connectivity index (χ0v) is 13.7. The lowest BCUT2D eigenvalue weighted by atomic mass is 10.2. The number of nitrogens with zero attached hydrogens (tertiary/aromatic N) is 1. The molecule has 2 heterocycles. The minimum atomic E-state index is -0.260. The molecule has 2 aromatic heterocycles. The lowest BCUT2D eigenvalue weighted by Gasteiger charge is -2.05. The Bertz CT molecular complexity index is 849. The molecule has 1 aromatic carbocycles. The number of hydrogen-bond donors (Lipinski definition) is 2. The molecule has 0 unspecified atom stereocenters. The minimum absolute atomic E-state index is 0.260. The van der Waals surface area contributed by atoms with Gasteiger partial charge in [-0.15, -0.1) is 11.3 Å². The third-order valence-corrected chi connectivity index (χ3v) is 5.23. The van der Waals surface area contributed by atoms with Crippen LogP contribution >= 0.6 is 38.9 Å². The maximum absolute atomic E-state index is 12.3. The second-order valence-electron chi connectivity index (χ2n) is 4.28. The molecule has 0 saturated heterocycles. The topological polar surface area (TPSA) is 68.0 Å². The van der Waals surface area contributed by atoms with Crippen LogP contribution in [0.1, 0.15) is 9.67 Å². The lowest BCUT2D eigenvalue weighted by Crippen LogP contribution is -2.11. The summed E-state index contributed by atoms with van der Waals surface area (Å²) in [5.74, 6) is -0.260. The van der Waals surface area contributed by atoms with Gasteiger partial charge < -0.3 is 11.1 Å². The number of carbonyl (C=O) groups excluding carboxylic acids is 1. The molecule has 3 aromatic rings. The van der Waals surface area contributed by atoms with Crippen LogP contribution in [0.3, 0.4) is 0 Å². The number of halogens is 2. The van der Waals surface area contributed by atoms with Gasteiger partial charge >= 0.3 is 0 Å². The highest BCUT2D eigenvalue weighted by Crippen LogP contribution is 2.33. The minimum Gasteiger partial charge on any atom is -0.397 e. The maximum atomic E-state index is 12.3. The van der Waals surface area contributed by atoms with E-state index in [0.717, 1.165) is 10.2 Å². The number of nitrogens with two attached hydrogens (primary N) is 1. The van der Waals surface area contributed by atoms with Crippen molar-refractivity contribution in [3.63, 3.8) is 0 Å². The Morgan fingerprint density at radius 1 is 1.38 bits per heavy atom. The van der Waals surface area contributed by atoms with E-state index in [1.165, 1.54) is 11.3 Å². The van der Waals surface area contributed by atoms with Gasteiger partial charge in [-0.05, 0) is 46.3 Å². The summed E-state index contributed by atoms with van der Waals surface area (Å²) in [6.45, 7) is 0. The SMILES string of the molecule is Nc1c(C(=O)Nc2ccc(Cl)c(Br)c2)sc2ncccc12. The van der Waals surface area contributed by atoms with Gasteiger partial charge in [-0.1, -0.05) is 11.6 Å². The Kier molecular flexibility index (Phi) is 3.84. The molecule has 0 atom stereocenters. The number of carbonyl (C=O) groups is 1. The highest BCUT2D eigenvalue weighted by atomic mass is 79.9. The van der Waals surface area contributed by atoms with E-state index >= 15 is 0 Å². The molecule has 1 amide bonds. The summed E-state index contributed by atoms with van der Waals surface area (Å²) in [7, 11) is 0. The Balaban J connectivity index is 1.93. The quantitative estimate of drug-likeness (QED) is 0.683. The van der Waals surface area contributed by atoms with Crippen LogP contribution < -0.4 is 11.1 Å². The normalized spacial score (nSPS) is 10.8. The molecule has 0 saturated carbocycles. The molecule has 21 heavy (non-hydrogen) atoms. The third-order valence-electron chi connectivity index (χ3n) is 2.89. The van der Waals surface area contributed by atoms with E-state index in [9.17, 15) is 4.79 Å². The van der Waals surface area contributed by atoms with Crippen molar-refractivity contribution in [1.82, 2.24) is 4.98 Å². The summed E-state index contributed by atoms with van der Waals surface area (Å²) in [4.78, 5) is 17.8.